The van der Waals surface area contributed by atoms with Gasteiger partial charge in [0.15, 0.2) is 0 Å². The number of ether oxygens (including phenoxy) is 1. The topological polar surface area (TPSA) is 68.5 Å². The van der Waals surface area contributed by atoms with Crippen molar-refractivity contribution >= 4 is 17.5 Å². The van der Waals surface area contributed by atoms with Crippen molar-refractivity contribution in [2.24, 2.45) is 0 Å². The second kappa shape index (κ2) is 10.7. The van der Waals surface area contributed by atoms with Crippen LogP contribution in [0.15, 0.2) is 83.4 Å². The van der Waals surface area contributed by atoms with Gasteiger partial charge in [-0.25, -0.2) is 0 Å². The summed E-state index contributed by atoms with van der Waals surface area (Å²) in [5.74, 6) is 1.50. The van der Waals surface area contributed by atoms with Crippen LogP contribution in [-0.4, -0.2) is 27.0 Å². The Hall–Kier alpha value is -3.64. The summed E-state index contributed by atoms with van der Waals surface area (Å²) in [4.78, 5) is 20.1. The Bertz CT molecular complexity index is 1290. The molecular weight excluding hydrogens is 462 g/mol. The van der Waals surface area contributed by atoms with Crippen molar-refractivity contribution < 1.29 is 14.1 Å². The smallest absolute Gasteiger partial charge is 0.254 e. The number of halogens is 1. The van der Waals surface area contributed by atoms with Gasteiger partial charge in [-0.3, -0.25) is 4.79 Å². The lowest BCUT2D eigenvalue weighted by atomic mass is 10.1. The first-order chi connectivity index (χ1) is 17.2. The molecule has 6 nitrogen and oxygen atoms in total. The quantitative estimate of drug-likeness (QED) is 0.282. The van der Waals surface area contributed by atoms with Gasteiger partial charge in [0.25, 0.3) is 5.91 Å². The average Bonchev–Trinajstić information content (AvgIpc) is 3.60. The van der Waals surface area contributed by atoms with Crippen LogP contribution in [0.1, 0.15) is 47.5 Å². The number of hydrogen-bond donors (Lipinski definition) is 0. The summed E-state index contributed by atoms with van der Waals surface area (Å²) < 4.78 is 11.5. The van der Waals surface area contributed by atoms with Gasteiger partial charge in [0.1, 0.15) is 18.9 Å². The van der Waals surface area contributed by atoms with E-state index in [4.69, 9.17) is 20.9 Å². The monoisotopic (exact) mass is 487 g/mol. The predicted octanol–water partition coefficient (Wildman–Crippen LogP) is 6.55. The fourth-order valence-electron chi connectivity index (χ4n) is 4.41. The normalized spacial score (nSPS) is 13.6. The first-order valence-electron chi connectivity index (χ1n) is 11.8. The highest BCUT2D eigenvalue weighted by Gasteiger charge is 2.29. The molecule has 0 radical (unpaired) electrons. The summed E-state index contributed by atoms with van der Waals surface area (Å²) >= 11 is 6.24. The van der Waals surface area contributed by atoms with Crippen LogP contribution in [0.5, 0.6) is 5.75 Å². The maximum Gasteiger partial charge on any atom is 0.254 e. The summed E-state index contributed by atoms with van der Waals surface area (Å²) in [5.41, 5.74) is 2.34. The van der Waals surface area contributed by atoms with Crippen molar-refractivity contribution in [2.45, 2.75) is 44.9 Å². The average molecular weight is 488 g/mol. The molecular formula is C28H26ClN3O3. The lowest BCUT2D eigenvalue weighted by Crippen LogP contribution is -2.38. The van der Waals surface area contributed by atoms with E-state index in [1.54, 1.807) is 6.07 Å². The number of benzene rings is 3. The number of nitrogens with zero attached hydrogens (tertiary/aromatic N) is 3. The molecule has 1 fully saturated rings. The summed E-state index contributed by atoms with van der Waals surface area (Å²) in [7, 11) is 0. The number of carbonyl (C=O) groups excluding carboxylic acids is 1. The molecule has 0 atom stereocenters. The fraction of sp³-hybridized carbons (Fsp3) is 0.250. The van der Waals surface area contributed by atoms with Crippen molar-refractivity contribution in [3.8, 4) is 17.1 Å². The molecule has 178 valence electrons. The summed E-state index contributed by atoms with van der Waals surface area (Å²) in [6.07, 6.45) is 4.14. The molecule has 3 aromatic carbocycles. The highest BCUT2D eigenvalue weighted by Crippen LogP contribution is 2.28. The van der Waals surface area contributed by atoms with Crippen LogP contribution in [-0.2, 0) is 13.2 Å². The van der Waals surface area contributed by atoms with Gasteiger partial charge in [0.2, 0.25) is 11.7 Å². The van der Waals surface area contributed by atoms with Gasteiger partial charge in [-0.15, -0.1) is 0 Å². The minimum atomic E-state index is -0.0699. The maximum atomic E-state index is 13.7. The van der Waals surface area contributed by atoms with Crippen LogP contribution in [0, 0.1) is 0 Å². The van der Waals surface area contributed by atoms with E-state index >= 15 is 0 Å². The van der Waals surface area contributed by atoms with Gasteiger partial charge in [0.05, 0.1) is 0 Å². The molecule has 7 heteroatoms. The zero-order valence-corrected chi connectivity index (χ0v) is 20.0. The summed E-state index contributed by atoms with van der Waals surface area (Å²) in [6.45, 7) is 0.599. The van der Waals surface area contributed by atoms with E-state index in [9.17, 15) is 4.79 Å². The Kier molecular flexibility index (Phi) is 7.09. The Morgan fingerprint density at radius 2 is 1.77 bits per heavy atom. The van der Waals surface area contributed by atoms with Crippen molar-refractivity contribution in [3.05, 3.63) is 101 Å². The van der Waals surface area contributed by atoms with Gasteiger partial charge in [-0.2, -0.15) is 4.98 Å². The lowest BCUT2D eigenvalue weighted by Gasteiger charge is -2.27. The Morgan fingerprint density at radius 3 is 2.57 bits per heavy atom. The molecule has 0 N–H and O–H groups in total. The minimum absolute atomic E-state index is 0.0699. The molecule has 1 aromatic heterocycles. The molecule has 1 aliphatic rings. The largest absolute Gasteiger partial charge is 0.489 e. The molecule has 4 aromatic rings. The molecule has 0 aliphatic heterocycles. The second-order valence-corrected chi connectivity index (χ2v) is 9.06. The summed E-state index contributed by atoms with van der Waals surface area (Å²) in [6, 6.07) is 24.7. The van der Waals surface area contributed by atoms with Crippen molar-refractivity contribution in [1.29, 1.82) is 0 Å². The number of carbonyl (C=O) groups is 1. The standard InChI is InChI=1S/C28H26ClN3O3/c29-25-16-7-4-11-22(25)19-34-24-15-8-12-21(17-24)28(33)32(23-13-5-6-14-23)18-26-30-27(31-35-26)20-9-2-1-3-10-20/h1-4,7-12,15-17,23H,5-6,13-14,18-19H2. The second-order valence-electron chi connectivity index (χ2n) is 8.66. The van der Waals surface area contributed by atoms with E-state index in [0.717, 1.165) is 36.8 Å². The highest BCUT2D eigenvalue weighted by molar-refractivity contribution is 6.31. The van der Waals surface area contributed by atoms with Gasteiger partial charge < -0.3 is 14.2 Å². The van der Waals surface area contributed by atoms with Gasteiger partial charge in [-0.05, 0) is 37.1 Å². The molecule has 35 heavy (non-hydrogen) atoms. The number of aromatic nitrogens is 2. The van der Waals surface area contributed by atoms with E-state index in [1.807, 2.05) is 77.7 Å². The molecule has 1 amide bonds. The van der Waals surface area contributed by atoms with Crippen molar-refractivity contribution in [1.82, 2.24) is 15.0 Å². The molecule has 1 saturated carbocycles. The van der Waals surface area contributed by atoms with Crippen LogP contribution >= 0.6 is 11.6 Å². The van der Waals surface area contributed by atoms with Crippen LogP contribution in [0.25, 0.3) is 11.4 Å². The van der Waals surface area contributed by atoms with E-state index in [-0.39, 0.29) is 18.5 Å². The third-order valence-electron chi connectivity index (χ3n) is 6.27. The molecule has 1 heterocycles. The fourth-order valence-corrected chi connectivity index (χ4v) is 4.60. The number of rotatable bonds is 8. The van der Waals surface area contributed by atoms with E-state index < -0.39 is 0 Å². The summed E-state index contributed by atoms with van der Waals surface area (Å²) in [5, 5.41) is 4.77. The van der Waals surface area contributed by atoms with E-state index in [0.29, 0.717) is 34.7 Å². The Labute approximate surface area is 209 Å². The maximum absolute atomic E-state index is 13.7. The highest BCUT2D eigenvalue weighted by atomic mass is 35.5. The van der Waals surface area contributed by atoms with E-state index in [1.165, 1.54) is 0 Å². The zero-order chi connectivity index (χ0) is 24.0. The predicted molar refractivity (Wildman–Crippen MR) is 134 cm³/mol. The lowest BCUT2D eigenvalue weighted by molar-refractivity contribution is 0.0639. The first-order valence-corrected chi connectivity index (χ1v) is 12.2. The molecule has 1 aliphatic carbocycles. The van der Waals surface area contributed by atoms with Gasteiger partial charge >= 0.3 is 0 Å². The molecule has 0 spiro atoms. The van der Waals surface area contributed by atoms with E-state index in [2.05, 4.69) is 10.1 Å². The van der Waals surface area contributed by atoms with Crippen molar-refractivity contribution in [2.75, 3.05) is 0 Å². The van der Waals surface area contributed by atoms with Crippen LogP contribution in [0.2, 0.25) is 5.02 Å². The van der Waals surface area contributed by atoms with Gasteiger partial charge in [-0.1, -0.05) is 84.2 Å². The van der Waals surface area contributed by atoms with Crippen LogP contribution in [0.3, 0.4) is 0 Å². The SMILES string of the molecule is O=C(c1cccc(OCc2ccccc2Cl)c1)N(Cc1nc(-c2ccccc2)no1)C1CCCC1. The molecule has 0 bridgehead atoms. The Balaban J connectivity index is 1.33. The number of hydrogen-bond acceptors (Lipinski definition) is 5. The third kappa shape index (κ3) is 5.54. The number of amides is 1. The Morgan fingerprint density at radius 1 is 1.00 bits per heavy atom. The molecule has 0 unspecified atom stereocenters. The van der Waals surface area contributed by atoms with Crippen molar-refractivity contribution in [3.63, 3.8) is 0 Å². The molecule has 5 rings (SSSR count). The van der Waals surface area contributed by atoms with Crippen LogP contribution < -0.4 is 4.74 Å². The minimum Gasteiger partial charge on any atom is -0.489 e. The van der Waals surface area contributed by atoms with Crippen LogP contribution in [0.4, 0.5) is 0 Å². The third-order valence-corrected chi connectivity index (χ3v) is 6.63. The molecule has 0 saturated heterocycles. The van der Waals surface area contributed by atoms with Gasteiger partial charge in [0, 0.05) is 27.8 Å². The zero-order valence-electron chi connectivity index (χ0n) is 19.3. The first kappa shape index (κ1) is 23.1.